The Kier molecular flexibility index (Phi) is 4.36. The zero-order chi connectivity index (χ0) is 12.2. The predicted molar refractivity (Wildman–Crippen MR) is 62.9 cm³/mol. The van der Waals surface area contributed by atoms with Crippen molar-refractivity contribution in [3.05, 3.63) is 0 Å². The van der Waals surface area contributed by atoms with Gasteiger partial charge in [-0.2, -0.15) is 5.26 Å². The van der Waals surface area contributed by atoms with Crippen molar-refractivity contribution >= 4 is 23.5 Å². The second kappa shape index (κ2) is 5.35. The fourth-order valence-corrected chi connectivity index (χ4v) is 2.14. The third-order valence-electron chi connectivity index (χ3n) is 2.56. The minimum Gasteiger partial charge on any atom is -0.337 e. The molecule has 1 unspecified atom stereocenters. The first-order valence-electron chi connectivity index (χ1n) is 5.27. The summed E-state index contributed by atoms with van der Waals surface area (Å²) in [6.07, 6.45) is 2.01. The molecule has 0 bridgehead atoms. The van der Waals surface area contributed by atoms with Crippen LogP contribution < -0.4 is 5.32 Å². The van der Waals surface area contributed by atoms with E-state index in [2.05, 4.69) is 11.4 Å². The van der Waals surface area contributed by atoms with Crippen LogP contribution in [0.1, 0.15) is 26.7 Å². The molecule has 0 aliphatic heterocycles. The number of Topliss-reactive ketones (excluding diaryl/α,β-unsaturated/α-hetero) is 1. The minimum atomic E-state index is -0.728. The summed E-state index contributed by atoms with van der Waals surface area (Å²) in [5.74, 6) is 0.772. The number of carbonyl (C=O) groups excluding carboxylic acids is 2. The molecular formula is C11H16N2O2S. The average Bonchev–Trinajstić information content (AvgIpc) is 3.00. The van der Waals surface area contributed by atoms with Gasteiger partial charge in [0.2, 0.25) is 5.91 Å². The molecule has 0 spiro atoms. The summed E-state index contributed by atoms with van der Waals surface area (Å²) >= 11 is 1.28. The molecule has 1 N–H and O–H groups in total. The molecule has 1 aliphatic rings. The van der Waals surface area contributed by atoms with Gasteiger partial charge in [0.1, 0.15) is 11.3 Å². The van der Waals surface area contributed by atoms with Crippen LogP contribution in [0.2, 0.25) is 0 Å². The van der Waals surface area contributed by atoms with Gasteiger partial charge >= 0.3 is 0 Å². The lowest BCUT2D eigenvalue weighted by Crippen LogP contribution is -2.47. The molecule has 0 saturated heterocycles. The van der Waals surface area contributed by atoms with Gasteiger partial charge in [-0.25, -0.2) is 0 Å². The molecule has 0 aromatic rings. The van der Waals surface area contributed by atoms with E-state index in [9.17, 15) is 9.59 Å². The Morgan fingerprint density at radius 1 is 1.50 bits per heavy atom. The van der Waals surface area contributed by atoms with Crippen molar-refractivity contribution in [2.24, 2.45) is 5.92 Å². The van der Waals surface area contributed by atoms with Gasteiger partial charge in [0.15, 0.2) is 0 Å². The number of nitrogens with zero attached hydrogens (tertiary/aromatic N) is 1. The van der Waals surface area contributed by atoms with Crippen LogP contribution in [0.25, 0.3) is 0 Å². The maximum absolute atomic E-state index is 11.5. The highest BCUT2D eigenvalue weighted by molar-refractivity contribution is 8.00. The van der Waals surface area contributed by atoms with E-state index in [0.717, 1.165) is 12.8 Å². The van der Waals surface area contributed by atoms with Crippen LogP contribution in [0.4, 0.5) is 0 Å². The standard InChI is InChI=1S/C11H16N2O2S/c1-8(14)5-16-6-10(15)13-11(2,7-12)9-3-4-9/h9H,3-6H2,1-2H3,(H,13,15). The number of carbonyl (C=O) groups is 2. The Hall–Kier alpha value is -1.02. The maximum Gasteiger partial charge on any atom is 0.231 e. The summed E-state index contributed by atoms with van der Waals surface area (Å²) in [5, 5.41) is 11.8. The van der Waals surface area contributed by atoms with Crippen LogP contribution in [0, 0.1) is 17.2 Å². The first-order valence-corrected chi connectivity index (χ1v) is 6.43. The second-order valence-electron chi connectivity index (χ2n) is 4.33. The van der Waals surface area contributed by atoms with Crippen LogP contribution in [0.5, 0.6) is 0 Å². The number of hydrogen-bond acceptors (Lipinski definition) is 4. The van der Waals surface area contributed by atoms with E-state index in [1.54, 1.807) is 6.92 Å². The zero-order valence-corrected chi connectivity index (χ0v) is 10.4. The SMILES string of the molecule is CC(=O)CSCC(=O)NC(C)(C#N)C1CC1. The van der Waals surface area contributed by atoms with Gasteiger partial charge in [0.25, 0.3) is 0 Å². The predicted octanol–water partition coefficient (Wildman–Crippen LogP) is 1.12. The first-order chi connectivity index (χ1) is 7.48. The fourth-order valence-electron chi connectivity index (χ4n) is 1.50. The van der Waals surface area contributed by atoms with Gasteiger partial charge in [-0.15, -0.1) is 11.8 Å². The maximum atomic E-state index is 11.5. The third kappa shape index (κ3) is 3.86. The molecule has 88 valence electrons. The Morgan fingerprint density at radius 2 is 2.12 bits per heavy atom. The molecule has 0 heterocycles. The summed E-state index contributed by atoms with van der Waals surface area (Å²) in [6, 6.07) is 2.16. The summed E-state index contributed by atoms with van der Waals surface area (Å²) in [7, 11) is 0. The van der Waals surface area contributed by atoms with Crippen molar-refractivity contribution in [3.8, 4) is 6.07 Å². The van der Waals surface area contributed by atoms with Crippen molar-refractivity contribution in [2.75, 3.05) is 11.5 Å². The molecule has 1 amide bonds. The van der Waals surface area contributed by atoms with E-state index < -0.39 is 5.54 Å². The number of hydrogen-bond donors (Lipinski definition) is 1. The minimum absolute atomic E-state index is 0.0584. The summed E-state index contributed by atoms with van der Waals surface area (Å²) in [5.41, 5.74) is -0.728. The number of amides is 1. The molecule has 0 radical (unpaired) electrons. The van der Waals surface area contributed by atoms with E-state index in [4.69, 9.17) is 5.26 Å². The van der Waals surface area contributed by atoms with Crippen molar-refractivity contribution in [1.29, 1.82) is 5.26 Å². The summed E-state index contributed by atoms with van der Waals surface area (Å²) < 4.78 is 0. The third-order valence-corrected chi connectivity index (χ3v) is 3.64. The van der Waals surface area contributed by atoms with E-state index >= 15 is 0 Å². The number of thioether (sulfide) groups is 1. The number of ketones is 1. The molecule has 1 fully saturated rings. The van der Waals surface area contributed by atoms with E-state index in [1.165, 1.54) is 18.7 Å². The molecular weight excluding hydrogens is 224 g/mol. The zero-order valence-electron chi connectivity index (χ0n) is 9.58. The summed E-state index contributed by atoms with van der Waals surface area (Å²) in [4.78, 5) is 22.2. The Morgan fingerprint density at radius 3 is 2.56 bits per heavy atom. The highest BCUT2D eigenvalue weighted by Gasteiger charge is 2.42. The molecule has 1 atom stereocenters. The Bertz CT molecular complexity index is 333. The molecule has 0 aromatic heterocycles. The fraction of sp³-hybridized carbons (Fsp3) is 0.727. The largest absolute Gasteiger partial charge is 0.337 e. The van der Waals surface area contributed by atoms with Crippen LogP contribution in [-0.2, 0) is 9.59 Å². The highest BCUT2D eigenvalue weighted by atomic mass is 32.2. The number of nitriles is 1. The van der Waals surface area contributed by atoms with Crippen LogP contribution in [0.15, 0.2) is 0 Å². The Balaban J connectivity index is 2.33. The van der Waals surface area contributed by atoms with E-state index in [0.29, 0.717) is 11.7 Å². The normalized spacial score (nSPS) is 18.3. The van der Waals surface area contributed by atoms with Crippen molar-refractivity contribution in [2.45, 2.75) is 32.2 Å². The molecule has 1 aliphatic carbocycles. The van der Waals surface area contributed by atoms with Crippen LogP contribution in [-0.4, -0.2) is 28.7 Å². The average molecular weight is 240 g/mol. The lowest BCUT2D eigenvalue weighted by Gasteiger charge is -2.22. The van der Waals surface area contributed by atoms with E-state index in [-0.39, 0.29) is 17.4 Å². The smallest absolute Gasteiger partial charge is 0.231 e. The Labute approximate surface area is 99.8 Å². The lowest BCUT2D eigenvalue weighted by atomic mass is 9.98. The topological polar surface area (TPSA) is 70.0 Å². The lowest BCUT2D eigenvalue weighted by molar-refractivity contribution is -0.119. The van der Waals surface area contributed by atoms with E-state index in [1.807, 2.05) is 0 Å². The first kappa shape index (κ1) is 13.0. The molecule has 5 heteroatoms. The van der Waals surface area contributed by atoms with Crippen molar-refractivity contribution < 1.29 is 9.59 Å². The van der Waals surface area contributed by atoms with Crippen molar-refractivity contribution in [3.63, 3.8) is 0 Å². The molecule has 0 aromatic carbocycles. The van der Waals surface area contributed by atoms with Gasteiger partial charge in [-0.1, -0.05) is 0 Å². The van der Waals surface area contributed by atoms with Gasteiger partial charge in [0.05, 0.1) is 17.6 Å². The second-order valence-corrected chi connectivity index (χ2v) is 5.32. The number of rotatable bonds is 6. The molecule has 1 saturated carbocycles. The summed E-state index contributed by atoms with van der Waals surface area (Å²) in [6.45, 7) is 3.26. The van der Waals surface area contributed by atoms with Crippen LogP contribution >= 0.6 is 11.8 Å². The van der Waals surface area contributed by atoms with Gasteiger partial charge in [-0.3, -0.25) is 9.59 Å². The molecule has 4 nitrogen and oxygen atoms in total. The van der Waals surface area contributed by atoms with Crippen molar-refractivity contribution in [1.82, 2.24) is 5.32 Å². The number of nitrogens with one attached hydrogen (secondary N) is 1. The van der Waals surface area contributed by atoms with Gasteiger partial charge in [-0.05, 0) is 32.6 Å². The van der Waals surface area contributed by atoms with Gasteiger partial charge < -0.3 is 5.32 Å². The van der Waals surface area contributed by atoms with Gasteiger partial charge in [0, 0.05) is 0 Å². The molecule has 1 rings (SSSR count). The quantitative estimate of drug-likeness (QED) is 0.755. The van der Waals surface area contributed by atoms with Crippen LogP contribution in [0.3, 0.4) is 0 Å². The highest BCUT2D eigenvalue weighted by Crippen LogP contribution is 2.39. The molecule has 16 heavy (non-hydrogen) atoms. The monoisotopic (exact) mass is 240 g/mol.